The first-order valence-corrected chi connectivity index (χ1v) is 6.89. The molecule has 2 N–H and O–H groups in total. The normalized spacial score (nSPS) is 15.3. The number of aryl methyl sites for hydroxylation is 1. The van der Waals surface area contributed by atoms with Gasteiger partial charge in [-0.25, -0.2) is 4.79 Å². The minimum Gasteiger partial charge on any atom is -0.495 e. The summed E-state index contributed by atoms with van der Waals surface area (Å²) in [5, 5.41) is 6.42. The number of methoxy groups -OCH3 is 1. The van der Waals surface area contributed by atoms with Gasteiger partial charge in [-0.2, -0.15) is 0 Å². The van der Waals surface area contributed by atoms with Crippen molar-refractivity contribution in [3.05, 3.63) is 22.7 Å². The molecule has 0 spiro atoms. The van der Waals surface area contributed by atoms with Crippen LogP contribution in [0.2, 0.25) is 5.02 Å². The van der Waals surface area contributed by atoms with E-state index in [4.69, 9.17) is 16.3 Å². The number of amides is 2. The molecule has 1 aromatic carbocycles. The molecule has 2 amide bonds. The highest BCUT2D eigenvalue weighted by Gasteiger charge is 2.18. The lowest BCUT2D eigenvalue weighted by Crippen LogP contribution is -2.36. The Morgan fingerprint density at radius 2 is 2.05 bits per heavy atom. The van der Waals surface area contributed by atoms with Gasteiger partial charge in [0, 0.05) is 17.1 Å². The van der Waals surface area contributed by atoms with Crippen LogP contribution in [0, 0.1) is 6.92 Å². The number of carbonyl (C=O) groups excluding carboxylic acids is 1. The fourth-order valence-electron chi connectivity index (χ4n) is 2.34. The van der Waals surface area contributed by atoms with Crippen molar-refractivity contribution in [2.75, 3.05) is 12.4 Å². The molecule has 1 saturated carbocycles. The fourth-order valence-corrected chi connectivity index (χ4v) is 2.50. The number of hydrogen-bond acceptors (Lipinski definition) is 2. The van der Waals surface area contributed by atoms with Gasteiger partial charge in [-0.15, -0.1) is 0 Å². The number of urea groups is 1. The van der Waals surface area contributed by atoms with Gasteiger partial charge in [0.15, 0.2) is 0 Å². The van der Waals surface area contributed by atoms with Crippen molar-refractivity contribution in [2.24, 2.45) is 0 Å². The van der Waals surface area contributed by atoms with Gasteiger partial charge in [-0.3, -0.25) is 0 Å². The van der Waals surface area contributed by atoms with Crippen LogP contribution in [0.15, 0.2) is 12.1 Å². The van der Waals surface area contributed by atoms with Crippen molar-refractivity contribution in [1.82, 2.24) is 5.32 Å². The molecule has 0 saturated heterocycles. The Bertz CT molecular complexity index is 471. The molecule has 19 heavy (non-hydrogen) atoms. The zero-order chi connectivity index (χ0) is 13.8. The number of hydrogen-bond donors (Lipinski definition) is 2. The number of halogens is 1. The summed E-state index contributed by atoms with van der Waals surface area (Å²) in [4.78, 5) is 11.9. The quantitative estimate of drug-likeness (QED) is 0.888. The Morgan fingerprint density at radius 3 is 2.68 bits per heavy atom. The Morgan fingerprint density at radius 1 is 1.37 bits per heavy atom. The van der Waals surface area contributed by atoms with Crippen LogP contribution in [0.25, 0.3) is 0 Å². The van der Waals surface area contributed by atoms with Crippen LogP contribution in [0.4, 0.5) is 10.5 Å². The van der Waals surface area contributed by atoms with Crippen LogP contribution in [0.3, 0.4) is 0 Å². The van der Waals surface area contributed by atoms with Crippen LogP contribution in [0.5, 0.6) is 5.75 Å². The second-order valence-electron chi connectivity index (χ2n) is 4.88. The predicted molar refractivity (Wildman–Crippen MR) is 77.2 cm³/mol. The van der Waals surface area contributed by atoms with Crippen molar-refractivity contribution >= 4 is 23.3 Å². The first kappa shape index (κ1) is 14.0. The first-order chi connectivity index (χ1) is 9.10. The van der Waals surface area contributed by atoms with Crippen LogP contribution >= 0.6 is 11.6 Å². The van der Waals surface area contributed by atoms with E-state index in [1.54, 1.807) is 13.2 Å². The summed E-state index contributed by atoms with van der Waals surface area (Å²) in [6.07, 6.45) is 4.50. The minimum absolute atomic E-state index is 0.188. The largest absolute Gasteiger partial charge is 0.495 e. The third-order valence-electron chi connectivity index (χ3n) is 3.42. The summed E-state index contributed by atoms with van der Waals surface area (Å²) in [5.74, 6) is 0.567. The molecule has 0 aliphatic heterocycles. The first-order valence-electron chi connectivity index (χ1n) is 6.52. The Kier molecular flexibility index (Phi) is 4.53. The molecule has 4 nitrogen and oxygen atoms in total. The molecule has 0 atom stereocenters. The van der Waals surface area contributed by atoms with E-state index in [9.17, 15) is 4.79 Å². The molecule has 0 aromatic heterocycles. The van der Waals surface area contributed by atoms with E-state index in [2.05, 4.69) is 10.6 Å². The van der Waals surface area contributed by atoms with Gasteiger partial charge in [-0.05, 0) is 31.4 Å². The molecule has 1 aliphatic rings. The van der Waals surface area contributed by atoms with Crippen LogP contribution in [0.1, 0.15) is 31.2 Å². The van der Waals surface area contributed by atoms with E-state index < -0.39 is 0 Å². The Balaban J connectivity index is 2.04. The molecular formula is C14H19ClN2O2. The van der Waals surface area contributed by atoms with Gasteiger partial charge in [0.2, 0.25) is 0 Å². The number of nitrogens with one attached hydrogen (secondary N) is 2. The number of anilines is 1. The van der Waals surface area contributed by atoms with E-state index in [-0.39, 0.29) is 6.03 Å². The average molecular weight is 283 g/mol. The Hall–Kier alpha value is -1.42. The minimum atomic E-state index is -0.188. The fraction of sp³-hybridized carbons (Fsp3) is 0.500. The lowest BCUT2D eigenvalue weighted by molar-refractivity contribution is 0.248. The Labute approximate surface area is 118 Å². The zero-order valence-corrected chi connectivity index (χ0v) is 12.0. The molecule has 0 radical (unpaired) electrons. The van der Waals surface area contributed by atoms with Gasteiger partial charge in [-0.1, -0.05) is 24.4 Å². The van der Waals surface area contributed by atoms with Gasteiger partial charge in [0.25, 0.3) is 0 Å². The number of ether oxygens (including phenoxy) is 1. The lowest BCUT2D eigenvalue weighted by Gasteiger charge is -2.15. The van der Waals surface area contributed by atoms with Crippen molar-refractivity contribution in [1.29, 1.82) is 0 Å². The summed E-state index contributed by atoms with van der Waals surface area (Å²) in [7, 11) is 1.56. The topological polar surface area (TPSA) is 50.4 Å². The monoisotopic (exact) mass is 282 g/mol. The van der Waals surface area contributed by atoms with Crippen LogP contribution in [-0.4, -0.2) is 19.2 Å². The highest BCUT2D eigenvalue weighted by molar-refractivity contribution is 6.31. The van der Waals surface area contributed by atoms with Crippen molar-refractivity contribution in [3.8, 4) is 5.75 Å². The summed E-state index contributed by atoms with van der Waals surface area (Å²) in [5.41, 5.74) is 1.54. The smallest absolute Gasteiger partial charge is 0.319 e. The van der Waals surface area contributed by atoms with Crippen molar-refractivity contribution < 1.29 is 9.53 Å². The van der Waals surface area contributed by atoms with Gasteiger partial charge in [0.05, 0.1) is 12.8 Å². The number of benzene rings is 1. The number of rotatable bonds is 3. The van der Waals surface area contributed by atoms with Crippen LogP contribution in [-0.2, 0) is 0 Å². The average Bonchev–Trinajstić information content (AvgIpc) is 2.86. The second-order valence-corrected chi connectivity index (χ2v) is 5.29. The summed E-state index contributed by atoms with van der Waals surface area (Å²) >= 11 is 6.03. The van der Waals surface area contributed by atoms with Crippen molar-refractivity contribution in [2.45, 2.75) is 38.6 Å². The molecule has 0 bridgehead atoms. The molecule has 1 aliphatic carbocycles. The van der Waals surface area contributed by atoms with E-state index in [0.717, 1.165) is 18.4 Å². The third kappa shape index (κ3) is 3.53. The zero-order valence-electron chi connectivity index (χ0n) is 11.3. The van der Waals surface area contributed by atoms with Gasteiger partial charge >= 0.3 is 6.03 Å². The third-order valence-corrected chi connectivity index (χ3v) is 3.83. The van der Waals surface area contributed by atoms with E-state index in [0.29, 0.717) is 22.5 Å². The summed E-state index contributed by atoms with van der Waals surface area (Å²) < 4.78 is 5.23. The molecule has 5 heteroatoms. The molecule has 1 aromatic rings. The van der Waals surface area contributed by atoms with E-state index in [1.807, 2.05) is 13.0 Å². The standard InChI is InChI=1S/C14H19ClN2O2/c1-9-7-12(13(19-2)8-11(9)15)17-14(18)16-10-5-3-4-6-10/h7-8,10H,3-6H2,1-2H3,(H2,16,17,18). The molecule has 104 valence electrons. The van der Waals surface area contributed by atoms with E-state index >= 15 is 0 Å². The maximum atomic E-state index is 11.9. The van der Waals surface area contributed by atoms with E-state index in [1.165, 1.54) is 12.8 Å². The molecule has 0 unspecified atom stereocenters. The van der Waals surface area contributed by atoms with Crippen molar-refractivity contribution in [3.63, 3.8) is 0 Å². The molecule has 1 fully saturated rings. The maximum absolute atomic E-state index is 11.9. The highest BCUT2D eigenvalue weighted by Crippen LogP contribution is 2.31. The number of carbonyl (C=O) groups is 1. The molecule has 2 rings (SSSR count). The SMILES string of the molecule is COc1cc(Cl)c(C)cc1NC(=O)NC1CCCC1. The van der Waals surface area contributed by atoms with Gasteiger partial charge in [0.1, 0.15) is 5.75 Å². The molecule has 0 heterocycles. The van der Waals surface area contributed by atoms with Crippen LogP contribution < -0.4 is 15.4 Å². The lowest BCUT2D eigenvalue weighted by atomic mass is 10.2. The van der Waals surface area contributed by atoms with Gasteiger partial charge < -0.3 is 15.4 Å². The molecular weight excluding hydrogens is 264 g/mol. The summed E-state index contributed by atoms with van der Waals surface area (Å²) in [6.45, 7) is 1.89. The highest BCUT2D eigenvalue weighted by atomic mass is 35.5. The predicted octanol–water partition coefficient (Wildman–Crippen LogP) is 3.72. The summed E-state index contributed by atoms with van der Waals surface area (Å²) in [6, 6.07) is 3.63. The maximum Gasteiger partial charge on any atom is 0.319 e. The second kappa shape index (κ2) is 6.15.